The van der Waals surface area contributed by atoms with Gasteiger partial charge in [-0.05, 0) is 35.9 Å². The van der Waals surface area contributed by atoms with E-state index < -0.39 is 5.97 Å². The van der Waals surface area contributed by atoms with Crippen LogP contribution >= 0.6 is 38.9 Å². The number of anilines is 1. The van der Waals surface area contributed by atoms with E-state index in [1.165, 1.54) is 11.3 Å². The molecule has 8 heteroatoms. The lowest BCUT2D eigenvalue weighted by Gasteiger charge is -2.15. The Hall–Kier alpha value is -2.22. The standard InChI is InChI=1S/C19H14BrClN2O3S/c20-13-6-4-11(5-7-13)18(26)15-3-1-2-12(8-16(24)25)17(15)22-9-14-10-23-19(21)27-14/h1-7,10,22H,8-9H2,(H,24,25). The summed E-state index contributed by atoms with van der Waals surface area (Å²) in [5, 5.41) is 12.4. The molecule has 0 aliphatic heterocycles. The highest BCUT2D eigenvalue weighted by Gasteiger charge is 2.18. The van der Waals surface area contributed by atoms with Crippen LogP contribution < -0.4 is 5.32 Å². The molecule has 0 amide bonds. The number of carboxylic acids is 1. The molecule has 0 radical (unpaired) electrons. The molecule has 0 saturated heterocycles. The highest BCUT2D eigenvalue weighted by molar-refractivity contribution is 9.10. The minimum atomic E-state index is -0.966. The van der Waals surface area contributed by atoms with Gasteiger partial charge in [-0.3, -0.25) is 9.59 Å². The van der Waals surface area contributed by atoms with Crippen molar-refractivity contribution >= 4 is 56.3 Å². The zero-order chi connectivity index (χ0) is 19.4. The second-order valence-corrected chi connectivity index (χ2v) is 8.29. The summed E-state index contributed by atoms with van der Waals surface area (Å²) in [7, 11) is 0. The summed E-state index contributed by atoms with van der Waals surface area (Å²) in [5.41, 5.74) is 2.00. The van der Waals surface area contributed by atoms with Crippen molar-refractivity contribution < 1.29 is 14.7 Å². The summed E-state index contributed by atoms with van der Waals surface area (Å²) in [6.07, 6.45) is 1.46. The number of aliphatic carboxylic acids is 1. The van der Waals surface area contributed by atoms with Gasteiger partial charge in [-0.15, -0.1) is 11.3 Å². The number of carboxylic acid groups (broad SMARTS) is 1. The maximum atomic E-state index is 13.0. The van der Waals surface area contributed by atoms with E-state index in [9.17, 15) is 14.7 Å². The Morgan fingerprint density at radius 3 is 2.56 bits per heavy atom. The zero-order valence-corrected chi connectivity index (χ0v) is 17.1. The fourth-order valence-corrected chi connectivity index (χ4v) is 3.79. The fourth-order valence-electron chi connectivity index (χ4n) is 2.61. The number of carbonyl (C=O) groups excluding carboxylic acids is 1. The van der Waals surface area contributed by atoms with Crippen LogP contribution in [0.25, 0.3) is 0 Å². The van der Waals surface area contributed by atoms with Gasteiger partial charge in [0.05, 0.1) is 13.0 Å². The van der Waals surface area contributed by atoms with Crippen LogP contribution in [0, 0.1) is 0 Å². The van der Waals surface area contributed by atoms with Gasteiger partial charge in [0.1, 0.15) is 0 Å². The monoisotopic (exact) mass is 464 g/mol. The number of halogens is 2. The van der Waals surface area contributed by atoms with E-state index in [0.29, 0.717) is 33.4 Å². The lowest BCUT2D eigenvalue weighted by atomic mass is 9.97. The molecule has 27 heavy (non-hydrogen) atoms. The first kappa shape index (κ1) is 19.5. The summed E-state index contributed by atoms with van der Waals surface area (Å²) >= 11 is 10.5. The second kappa shape index (κ2) is 8.65. The molecule has 0 unspecified atom stereocenters. The SMILES string of the molecule is O=C(O)Cc1cccc(C(=O)c2ccc(Br)cc2)c1NCc1cnc(Cl)s1. The number of para-hydroxylation sites is 1. The van der Waals surface area contributed by atoms with Gasteiger partial charge in [-0.2, -0.15) is 0 Å². The minimum Gasteiger partial charge on any atom is -0.481 e. The predicted octanol–water partition coefficient (Wildman–Crippen LogP) is 5.03. The Bertz CT molecular complexity index is 989. The largest absolute Gasteiger partial charge is 0.481 e. The molecule has 1 aromatic heterocycles. The molecule has 0 fully saturated rings. The molecule has 138 valence electrons. The molecule has 1 heterocycles. The number of hydrogen-bond acceptors (Lipinski definition) is 5. The molecule has 2 N–H and O–H groups in total. The maximum Gasteiger partial charge on any atom is 0.307 e. The van der Waals surface area contributed by atoms with Gasteiger partial charge >= 0.3 is 5.97 Å². The van der Waals surface area contributed by atoms with Crippen LogP contribution in [0.4, 0.5) is 5.69 Å². The summed E-state index contributed by atoms with van der Waals surface area (Å²) in [6, 6.07) is 12.1. The quantitative estimate of drug-likeness (QED) is 0.479. The molecule has 3 rings (SSSR count). The van der Waals surface area contributed by atoms with Crippen molar-refractivity contribution in [3.8, 4) is 0 Å². The summed E-state index contributed by atoms with van der Waals surface area (Å²) in [5.74, 6) is -1.15. The first-order chi connectivity index (χ1) is 12.9. The van der Waals surface area contributed by atoms with Crippen molar-refractivity contribution in [1.82, 2.24) is 4.98 Å². The molecule has 0 aliphatic carbocycles. The minimum absolute atomic E-state index is 0.181. The van der Waals surface area contributed by atoms with Crippen LogP contribution in [0.5, 0.6) is 0 Å². The van der Waals surface area contributed by atoms with E-state index in [0.717, 1.165) is 9.35 Å². The van der Waals surface area contributed by atoms with Gasteiger partial charge in [0, 0.05) is 32.4 Å². The fraction of sp³-hybridized carbons (Fsp3) is 0.105. The van der Waals surface area contributed by atoms with E-state index in [1.54, 1.807) is 48.7 Å². The molecular formula is C19H14BrClN2O3S. The summed E-state index contributed by atoms with van der Waals surface area (Å²) < 4.78 is 1.30. The molecule has 0 atom stereocenters. The van der Waals surface area contributed by atoms with Crippen molar-refractivity contribution in [3.63, 3.8) is 0 Å². The van der Waals surface area contributed by atoms with E-state index >= 15 is 0 Å². The average molecular weight is 466 g/mol. The van der Waals surface area contributed by atoms with Gasteiger partial charge < -0.3 is 10.4 Å². The van der Waals surface area contributed by atoms with Crippen LogP contribution in [0.2, 0.25) is 4.47 Å². The van der Waals surface area contributed by atoms with Crippen molar-refractivity contribution in [2.24, 2.45) is 0 Å². The maximum absolute atomic E-state index is 13.0. The number of rotatable bonds is 7. The van der Waals surface area contributed by atoms with Crippen LogP contribution in [-0.4, -0.2) is 21.8 Å². The Labute approximate surface area is 173 Å². The number of nitrogens with zero attached hydrogens (tertiary/aromatic N) is 1. The topological polar surface area (TPSA) is 79.3 Å². The highest BCUT2D eigenvalue weighted by atomic mass is 79.9. The molecule has 5 nitrogen and oxygen atoms in total. The average Bonchev–Trinajstić information content (AvgIpc) is 3.05. The molecule has 3 aromatic rings. The lowest BCUT2D eigenvalue weighted by molar-refractivity contribution is -0.136. The number of thiazole rings is 1. The third-order valence-corrected chi connectivity index (χ3v) is 5.45. The van der Waals surface area contributed by atoms with E-state index in [-0.39, 0.29) is 12.2 Å². The van der Waals surface area contributed by atoms with Crippen molar-refractivity contribution in [1.29, 1.82) is 0 Å². The molecule has 0 saturated carbocycles. The third-order valence-electron chi connectivity index (χ3n) is 3.81. The number of benzene rings is 2. The van der Waals surface area contributed by atoms with Gasteiger partial charge in [-0.1, -0.05) is 39.7 Å². The highest BCUT2D eigenvalue weighted by Crippen LogP contribution is 2.27. The predicted molar refractivity (Wildman–Crippen MR) is 110 cm³/mol. The molecule has 2 aromatic carbocycles. The van der Waals surface area contributed by atoms with Crippen LogP contribution in [0.3, 0.4) is 0 Å². The smallest absolute Gasteiger partial charge is 0.307 e. The number of nitrogens with one attached hydrogen (secondary N) is 1. The van der Waals surface area contributed by atoms with Gasteiger partial charge in [0.2, 0.25) is 0 Å². The number of hydrogen-bond donors (Lipinski definition) is 2. The summed E-state index contributed by atoms with van der Waals surface area (Å²) in [6.45, 7) is 0.391. The Morgan fingerprint density at radius 2 is 1.93 bits per heavy atom. The molecule has 0 spiro atoms. The molecule has 0 aliphatic rings. The van der Waals surface area contributed by atoms with Gasteiger partial charge in [0.15, 0.2) is 10.3 Å². The Balaban J connectivity index is 1.97. The van der Waals surface area contributed by atoms with Gasteiger partial charge in [0.25, 0.3) is 0 Å². The Kier molecular flexibility index (Phi) is 6.26. The van der Waals surface area contributed by atoms with Crippen molar-refractivity contribution in [2.75, 3.05) is 5.32 Å². The number of carbonyl (C=O) groups is 2. The van der Waals surface area contributed by atoms with Crippen molar-refractivity contribution in [3.05, 3.63) is 79.2 Å². The molecule has 0 bridgehead atoms. The van der Waals surface area contributed by atoms with E-state index in [1.807, 2.05) is 0 Å². The second-order valence-electron chi connectivity index (χ2n) is 5.68. The first-order valence-electron chi connectivity index (χ1n) is 7.92. The van der Waals surface area contributed by atoms with Crippen LogP contribution in [0.1, 0.15) is 26.4 Å². The van der Waals surface area contributed by atoms with Crippen LogP contribution in [-0.2, 0) is 17.8 Å². The lowest BCUT2D eigenvalue weighted by Crippen LogP contribution is -2.12. The van der Waals surface area contributed by atoms with Crippen molar-refractivity contribution in [2.45, 2.75) is 13.0 Å². The Morgan fingerprint density at radius 1 is 1.19 bits per heavy atom. The van der Waals surface area contributed by atoms with Gasteiger partial charge in [-0.25, -0.2) is 4.98 Å². The third kappa shape index (κ3) is 4.94. The van der Waals surface area contributed by atoms with E-state index in [2.05, 4.69) is 26.2 Å². The summed E-state index contributed by atoms with van der Waals surface area (Å²) in [4.78, 5) is 29.1. The number of ketones is 1. The normalized spacial score (nSPS) is 10.6. The zero-order valence-electron chi connectivity index (χ0n) is 13.9. The van der Waals surface area contributed by atoms with E-state index in [4.69, 9.17) is 11.6 Å². The number of aromatic nitrogens is 1. The molecular weight excluding hydrogens is 452 g/mol. The van der Waals surface area contributed by atoms with Crippen LogP contribution in [0.15, 0.2) is 53.1 Å². The first-order valence-corrected chi connectivity index (χ1v) is 9.91.